The molecule has 1 heterocycles. The Morgan fingerprint density at radius 1 is 1.13 bits per heavy atom. The molecule has 0 spiro atoms. The van der Waals surface area contributed by atoms with Crippen molar-refractivity contribution in [3.63, 3.8) is 0 Å². The van der Waals surface area contributed by atoms with Gasteiger partial charge in [-0.1, -0.05) is 74.1 Å². The molecule has 0 saturated heterocycles. The smallest absolute Gasteiger partial charge is 0.281 e. The van der Waals surface area contributed by atoms with Crippen LogP contribution in [0.2, 0.25) is 15.1 Å². The van der Waals surface area contributed by atoms with Gasteiger partial charge >= 0.3 is 0 Å². The van der Waals surface area contributed by atoms with E-state index in [1.54, 1.807) is 22.2 Å². The van der Waals surface area contributed by atoms with E-state index in [0.29, 0.717) is 32.9 Å². The number of hydrazone groups is 1. The zero-order valence-electron chi connectivity index (χ0n) is 18.3. The van der Waals surface area contributed by atoms with Crippen LogP contribution in [0.1, 0.15) is 51.6 Å². The summed E-state index contributed by atoms with van der Waals surface area (Å²) in [5.74, 6) is -0.213. The zero-order valence-corrected chi connectivity index (χ0v) is 20.6. The molecule has 1 aliphatic rings. The average molecular weight is 484 g/mol. The molecule has 0 aliphatic carbocycles. The number of hydrogen-bond donors (Lipinski definition) is 1. The molecule has 1 atom stereocenters. The van der Waals surface area contributed by atoms with Gasteiger partial charge in [-0.25, -0.2) is 5.01 Å². The molecule has 5 nitrogen and oxygen atoms in total. The number of nitrogens with zero attached hydrogens (tertiary/aromatic N) is 3. The van der Waals surface area contributed by atoms with Crippen LogP contribution in [-0.4, -0.2) is 30.2 Å². The van der Waals surface area contributed by atoms with E-state index in [0.717, 1.165) is 24.9 Å². The Hall–Kier alpha value is -1.79. The van der Waals surface area contributed by atoms with Crippen molar-refractivity contribution in [3.05, 3.63) is 63.1 Å². The van der Waals surface area contributed by atoms with Crippen molar-refractivity contribution in [2.75, 3.05) is 18.6 Å². The summed E-state index contributed by atoms with van der Waals surface area (Å²) >= 11 is 18.5. The third-order valence-corrected chi connectivity index (χ3v) is 5.51. The second kappa shape index (κ2) is 12.3. The normalized spacial score (nSPS) is 15.4. The van der Waals surface area contributed by atoms with Gasteiger partial charge in [-0.15, -0.1) is 0 Å². The number of hydrazine groups is 1. The maximum atomic E-state index is 12.8. The van der Waals surface area contributed by atoms with Gasteiger partial charge in [0.2, 0.25) is 0 Å². The quantitative estimate of drug-likeness (QED) is 0.443. The first-order valence-electron chi connectivity index (χ1n) is 10.5. The van der Waals surface area contributed by atoms with Gasteiger partial charge in [0, 0.05) is 30.1 Å². The van der Waals surface area contributed by atoms with Gasteiger partial charge in [-0.3, -0.25) is 15.2 Å². The van der Waals surface area contributed by atoms with Crippen LogP contribution in [0.4, 0.5) is 5.69 Å². The highest BCUT2D eigenvalue weighted by Gasteiger charge is 2.33. The lowest BCUT2D eigenvalue weighted by atomic mass is 10.0. The van der Waals surface area contributed by atoms with Crippen molar-refractivity contribution in [1.82, 2.24) is 10.4 Å². The number of benzene rings is 2. The topological polar surface area (TPSA) is 47.9 Å². The van der Waals surface area contributed by atoms with Crippen molar-refractivity contribution in [1.29, 1.82) is 0 Å². The SMILES string of the molecule is CC.CCCCN(C)NC(=O)C1=NN(c2ccc(Cl)cc2Cl)C(c2ccc(Cl)cc2)C1. The number of carbonyl (C=O) groups excluding carboxylic acids is 1. The number of amides is 1. The summed E-state index contributed by atoms with van der Waals surface area (Å²) in [6.07, 6.45) is 2.51. The molecule has 0 fully saturated rings. The minimum absolute atomic E-state index is 0.173. The Bertz CT molecular complexity index is 902. The third kappa shape index (κ3) is 6.84. The molecule has 1 unspecified atom stereocenters. The predicted molar refractivity (Wildman–Crippen MR) is 132 cm³/mol. The van der Waals surface area contributed by atoms with Crippen LogP contribution in [-0.2, 0) is 4.79 Å². The van der Waals surface area contributed by atoms with Gasteiger partial charge in [0.25, 0.3) is 5.91 Å². The Morgan fingerprint density at radius 2 is 1.77 bits per heavy atom. The van der Waals surface area contributed by atoms with E-state index in [1.165, 1.54) is 0 Å². The van der Waals surface area contributed by atoms with E-state index in [1.807, 2.05) is 51.2 Å². The van der Waals surface area contributed by atoms with Crippen LogP contribution in [0.3, 0.4) is 0 Å². The summed E-state index contributed by atoms with van der Waals surface area (Å²) in [6, 6.07) is 12.6. The molecule has 31 heavy (non-hydrogen) atoms. The van der Waals surface area contributed by atoms with Gasteiger partial charge in [0.05, 0.1) is 16.8 Å². The molecule has 1 aliphatic heterocycles. The first-order chi connectivity index (χ1) is 14.9. The zero-order chi connectivity index (χ0) is 23.0. The van der Waals surface area contributed by atoms with Gasteiger partial charge in [0.1, 0.15) is 5.71 Å². The molecule has 2 aromatic carbocycles. The Balaban J connectivity index is 0.00000166. The molecule has 3 rings (SSSR count). The van der Waals surface area contributed by atoms with Gasteiger partial charge < -0.3 is 0 Å². The van der Waals surface area contributed by atoms with Crippen molar-refractivity contribution in [2.24, 2.45) is 5.10 Å². The van der Waals surface area contributed by atoms with Crippen LogP contribution in [0.15, 0.2) is 47.6 Å². The third-order valence-electron chi connectivity index (χ3n) is 4.72. The second-order valence-corrected chi connectivity index (χ2v) is 8.25. The molecule has 0 saturated carbocycles. The van der Waals surface area contributed by atoms with E-state index in [4.69, 9.17) is 34.8 Å². The average Bonchev–Trinajstić information content (AvgIpc) is 3.19. The molecular formula is C23H29Cl3N4O. The summed E-state index contributed by atoms with van der Waals surface area (Å²) < 4.78 is 0. The highest BCUT2D eigenvalue weighted by atomic mass is 35.5. The molecule has 0 bridgehead atoms. The minimum Gasteiger partial charge on any atom is -0.284 e. The number of unbranched alkanes of at least 4 members (excludes halogenated alkanes) is 1. The van der Waals surface area contributed by atoms with E-state index in [9.17, 15) is 4.79 Å². The van der Waals surface area contributed by atoms with Crippen LogP contribution in [0.25, 0.3) is 0 Å². The monoisotopic (exact) mass is 482 g/mol. The van der Waals surface area contributed by atoms with E-state index < -0.39 is 0 Å². The minimum atomic E-state index is -0.213. The lowest BCUT2D eigenvalue weighted by Crippen LogP contribution is -2.43. The molecule has 1 amide bonds. The summed E-state index contributed by atoms with van der Waals surface area (Å²) in [5.41, 5.74) is 5.02. The summed E-state index contributed by atoms with van der Waals surface area (Å²) in [6.45, 7) is 6.89. The van der Waals surface area contributed by atoms with Crippen LogP contribution in [0, 0.1) is 0 Å². The summed E-state index contributed by atoms with van der Waals surface area (Å²) in [4.78, 5) is 12.8. The molecule has 8 heteroatoms. The molecule has 0 radical (unpaired) electrons. The van der Waals surface area contributed by atoms with Crippen molar-refractivity contribution < 1.29 is 4.79 Å². The highest BCUT2D eigenvalue weighted by Crippen LogP contribution is 2.39. The lowest BCUT2D eigenvalue weighted by molar-refractivity contribution is -0.118. The Labute approximate surface area is 199 Å². The van der Waals surface area contributed by atoms with Gasteiger partial charge in [-0.2, -0.15) is 5.10 Å². The molecular weight excluding hydrogens is 455 g/mol. The summed E-state index contributed by atoms with van der Waals surface area (Å²) in [7, 11) is 1.85. The van der Waals surface area contributed by atoms with Crippen molar-refractivity contribution >= 4 is 52.1 Å². The van der Waals surface area contributed by atoms with Crippen molar-refractivity contribution in [3.8, 4) is 0 Å². The van der Waals surface area contributed by atoms with Crippen LogP contribution >= 0.6 is 34.8 Å². The largest absolute Gasteiger partial charge is 0.284 e. The number of carbonyl (C=O) groups is 1. The molecule has 1 N–H and O–H groups in total. The molecule has 168 valence electrons. The number of hydrogen-bond acceptors (Lipinski definition) is 4. The fourth-order valence-corrected chi connectivity index (χ4v) is 3.79. The Kier molecular flexibility index (Phi) is 10.1. The van der Waals surface area contributed by atoms with E-state index >= 15 is 0 Å². The fourth-order valence-electron chi connectivity index (χ4n) is 3.17. The number of halogens is 3. The molecule has 0 aromatic heterocycles. The number of anilines is 1. The molecule has 2 aromatic rings. The second-order valence-electron chi connectivity index (χ2n) is 6.97. The Morgan fingerprint density at radius 3 is 2.39 bits per heavy atom. The summed E-state index contributed by atoms with van der Waals surface area (Å²) in [5, 5.41) is 9.86. The first-order valence-corrected chi connectivity index (χ1v) is 11.6. The fraction of sp³-hybridized carbons (Fsp3) is 0.391. The van der Waals surface area contributed by atoms with Crippen molar-refractivity contribution in [2.45, 2.75) is 46.1 Å². The van der Waals surface area contributed by atoms with Gasteiger partial charge in [-0.05, 0) is 42.3 Å². The standard InChI is InChI=1S/C21H23Cl3N4O.C2H6/c1-3-4-11-27(2)26-21(29)18-13-20(14-5-7-15(22)8-6-14)28(25-18)19-10-9-16(23)12-17(19)24;1-2/h5-10,12,20H,3-4,11,13H2,1-2H3,(H,26,29);1-2H3. The number of nitrogens with one attached hydrogen (secondary N) is 1. The highest BCUT2D eigenvalue weighted by molar-refractivity contribution is 6.40. The van der Waals surface area contributed by atoms with Crippen LogP contribution in [0.5, 0.6) is 0 Å². The first kappa shape index (κ1) is 25.5. The van der Waals surface area contributed by atoms with E-state index in [-0.39, 0.29) is 11.9 Å². The lowest BCUT2D eigenvalue weighted by Gasteiger charge is -2.25. The van der Waals surface area contributed by atoms with E-state index in [2.05, 4.69) is 17.5 Å². The predicted octanol–water partition coefficient (Wildman–Crippen LogP) is 6.74. The maximum absolute atomic E-state index is 12.8. The number of rotatable bonds is 7. The maximum Gasteiger partial charge on any atom is 0.281 e. The van der Waals surface area contributed by atoms with Crippen LogP contribution < -0.4 is 10.4 Å². The van der Waals surface area contributed by atoms with Gasteiger partial charge in [0.15, 0.2) is 0 Å².